The van der Waals surface area contributed by atoms with Gasteiger partial charge in [-0.25, -0.2) is 0 Å². The predicted molar refractivity (Wildman–Crippen MR) is 79.8 cm³/mol. The number of hydrogen-bond donors (Lipinski definition) is 0. The van der Waals surface area contributed by atoms with Crippen molar-refractivity contribution in [1.82, 2.24) is 5.01 Å². The van der Waals surface area contributed by atoms with Gasteiger partial charge in [0.2, 0.25) is 0 Å². The highest BCUT2D eigenvalue weighted by atomic mass is 15.4. The maximum absolute atomic E-state index is 4.33. The molecule has 2 nitrogen and oxygen atoms in total. The van der Waals surface area contributed by atoms with Gasteiger partial charge in [0.25, 0.3) is 0 Å². The maximum Gasteiger partial charge on any atom is 0.0317 e. The molecule has 0 amide bonds. The molecule has 0 aliphatic carbocycles. The Balaban J connectivity index is 2.71. The SMILES string of the molecule is C/C=C\C=C\C(/C=N/N(C)C)Cc1ccccc1. The summed E-state index contributed by atoms with van der Waals surface area (Å²) < 4.78 is 0. The second-order valence-corrected chi connectivity index (χ2v) is 4.38. The van der Waals surface area contributed by atoms with Crippen LogP contribution in [0, 0.1) is 5.92 Å². The summed E-state index contributed by atoms with van der Waals surface area (Å²) in [5.74, 6) is 0.325. The van der Waals surface area contributed by atoms with Crippen LogP contribution in [0.3, 0.4) is 0 Å². The summed E-state index contributed by atoms with van der Waals surface area (Å²) in [4.78, 5) is 0. The monoisotopic (exact) mass is 242 g/mol. The summed E-state index contributed by atoms with van der Waals surface area (Å²) in [6.45, 7) is 2.02. The molecule has 18 heavy (non-hydrogen) atoms. The molecule has 0 radical (unpaired) electrons. The lowest BCUT2D eigenvalue weighted by atomic mass is 10.00. The standard InChI is InChI=1S/C16H22N2/c1-4-5-7-12-16(14-17-18(2)3)13-15-10-8-6-9-11-15/h4-12,14,16H,13H2,1-3H3/b5-4-,12-7+,17-14+. The van der Waals surface area contributed by atoms with E-state index < -0.39 is 0 Å². The van der Waals surface area contributed by atoms with Crippen molar-refractivity contribution in [2.24, 2.45) is 11.0 Å². The van der Waals surface area contributed by atoms with Gasteiger partial charge in [0.05, 0.1) is 0 Å². The van der Waals surface area contributed by atoms with Gasteiger partial charge in [0, 0.05) is 26.2 Å². The highest BCUT2D eigenvalue weighted by Crippen LogP contribution is 2.09. The van der Waals surface area contributed by atoms with Gasteiger partial charge in [-0.15, -0.1) is 0 Å². The number of rotatable bonds is 6. The maximum atomic E-state index is 4.33. The molecule has 0 saturated heterocycles. The molecule has 0 aromatic heterocycles. The molecule has 0 aliphatic heterocycles. The Bertz CT molecular complexity index is 402. The summed E-state index contributed by atoms with van der Waals surface area (Å²) in [6, 6.07) is 10.5. The Hall–Kier alpha value is -1.83. The number of allylic oxidation sites excluding steroid dienone is 4. The van der Waals surface area contributed by atoms with E-state index in [-0.39, 0.29) is 0 Å². The zero-order valence-electron chi connectivity index (χ0n) is 11.5. The van der Waals surface area contributed by atoms with Crippen molar-refractivity contribution in [2.75, 3.05) is 14.1 Å². The molecule has 0 fully saturated rings. The quantitative estimate of drug-likeness (QED) is 0.423. The van der Waals surface area contributed by atoms with Crippen molar-refractivity contribution in [1.29, 1.82) is 0 Å². The van der Waals surface area contributed by atoms with E-state index in [0.717, 1.165) is 6.42 Å². The number of benzene rings is 1. The van der Waals surface area contributed by atoms with Crippen LogP contribution in [-0.2, 0) is 6.42 Å². The average molecular weight is 242 g/mol. The van der Waals surface area contributed by atoms with Crippen LogP contribution in [0.2, 0.25) is 0 Å². The normalized spacial score (nSPS) is 13.7. The van der Waals surface area contributed by atoms with Gasteiger partial charge in [-0.05, 0) is 18.9 Å². The van der Waals surface area contributed by atoms with Crippen LogP contribution in [0.1, 0.15) is 12.5 Å². The average Bonchev–Trinajstić information content (AvgIpc) is 2.37. The van der Waals surface area contributed by atoms with Crippen LogP contribution in [0.25, 0.3) is 0 Å². The fourth-order valence-corrected chi connectivity index (χ4v) is 1.59. The Kier molecular flexibility index (Phi) is 6.55. The first-order valence-corrected chi connectivity index (χ1v) is 6.27. The zero-order chi connectivity index (χ0) is 13.2. The fraction of sp³-hybridized carbons (Fsp3) is 0.312. The molecule has 0 saturated carbocycles. The Morgan fingerprint density at radius 3 is 2.50 bits per heavy atom. The lowest BCUT2D eigenvalue weighted by Gasteiger charge is -2.09. The second-order valence-electron chi connectivity index (χ2n) is 4.38. The van der Waals surface area contributed by atoms with Crippen molar-refractivity contribution in [3.8, 4) is 0 Å². The van der Waals surface area contributed by atoms with Crippen LogP contribution in [0.4, 0.5) is 0 Å². The van der Waals surface area contributed by atoms with Crippen LogP contribution < -0.4 is 0 Å². The van der Waals surface area contributed by atoms with Crippen molar-refractivity contribution >= 4 is 6.21 Å². The van der Waals surface area contributed by atoms with Crippen LogP contribution in [0.5, 0.6) is 0 Å². The molecule has 0 N–H and O–H groups in total. The van der Waals surface area contributed by atoms with E-state index in [1.807, 2.05) is 50.5 Å². The molecule has 0 heterocycles. The van der Waals surface area contributed by atoms with E-state index in [9.17, 15) is 0 Å². The van der Waals surface area contributed by atoms with E-state index >= 15 is 0 Å². The van der Waals surface area contributed by atoms with Crippen LogP contribution >= 0.6 is 0 Å². The Morgan fingerprint density at radius 1 is 1.17 bits per heavy atom. The first-order valence-electron chi connectivity index (χ1n) is 6.27. The molecule has 1 aromatic carbocycles. The number of hydrogen-bond acceptors (Lipinski definition) is 2. The highest BCUT2D eigenvalue weighted by molar-refractivity contribution is 5.63. The van der Waals surface area contributed by atoms with Crippen molar-refractivity contribution in [2.45, 2.75) is 13.3 Å². The van der Waals surface area contributed by atoms with Crippen molar-refractivity contribution in [3.05, 3.63) is 60.2 Å². The van der Waals surface area contributed by atoms with E-state index in [0.29, 0.717) is 5.92 Å². The molecule has 0 aliphatic rings. The smallest absolute Gasteiger partial charge is 0.0317 e. The molecular formula is C16H22N2. The summed E-state index contributed by atoms with van der Waals surface area (Å²) in [5.41, 5.74) is 1.33. The lowest BCUT2D eigenvalue weighted by Crippen LogP contribution is -2.08. The topological polar surface area (TPSA) is 15.6 Å². The van der Waals surface area contributed by atoms with E-state index in [2.05, 4.69) is 41.5 Å². The van der Waals surface area contributed by atoms with Gasteiger partial charge in [0.1, 0.15) is 0 Å². The van der Waals surface area contributed by atoms with Gasteiger partial charge in [-0.3, -0.25) is 0 Å². The van der Waals surface area contributed by atoms with Gasteiger partial charge >= 0.3 is 0 Å². The summed E-state index contributed by atoms with van der Waals surface area (Å²) in [5, 5.41) is 6.15. The third-order valence-corrected chi connectivity index (χ3v) is 2.47. The summed E-state index contributed by atoms with van der Waals surface area (Å²) in [7, 11) is 3.87. The molecule has 1 atom stereocenters. The van der Waals surface area contributed by atoms with Crippen LogP contribution in [-0.4, -0.2) is 25.3 Å². The molecule has 0 bridgehead atoms. The van der Waals surface area contributed by atoms with Crippen molar-refractivity contribution in [3.63, 3.8) is 0 Å². The molecule has 0 spiro atoms. The Labute approximate surface area is 110 Å². The third-order valence-electron chi connectivity index (χ3n) is 2.47. The van der Waals surface area contributed by atoms with Gasteiger partial charge in [0.15, 0.2) is 0 Å². The van der Waals surface area contributed by atoms with E-state index in [4.69, 9.17) is 0 Å². The third kappa shape index (κ3) is 6.04. The van der Waals surface area contributed by atoms with Crippen LogP contribution in [0.15, 0.2) is 59.7 Å². The van der Waals surface area contributed by atoms with E-state index in [1.54, 1.807) is 0 Å². The first-order chi connectivity index (χ1) is 8.72. The molecule has 2 heteroatoms. The largest absolute Gasteiger partial charge is 0.303 e. The number of hydrazone groups is 1. The fourth-order valence-electron chi connectivity index (χ4n) is 1.59. The first kappa shape index (κ1) is 14.2. The van der Waals surface area contributed by atoms with Gasteiger partial charge in [-0.2, -0.15) is 5.10 Å². The molecular weight excluding hydrogens is 220 g/mol. The van der Waals surface area contributed by atoms with E-state index in [1.165, 1.54) is 5.56 Å². The minimum absolute atomic E-state index is 0.325. The molecule has 1 unspecified atom stereocenters. The zero-order valence-corrected chi connectivity index (χ0v) is 11.5. The Morgan fingerprint density at radius 2 is 1.89 bits per heavy atom. The highest BCUT2D eigenvalue weighted by Gasteiger charge is 2.02. The second kappa shape index (κ2) is 8.29. The summed E-state index contributed by atoms with van der Waals surface area (Å²) in [6.07, 6.45) is 11.3. The van der Waals surface area contributed by atoms with Gasteiger partial charge < -0.3 is 5.01 Å². The minimum atomic E-state index is 0.325. The van der Waals surface area contributed by atoms with Gasteiger partial charge in [-0.1, -0.05) is 54.6 Å². The lowest BCUT2D eigenvalue weighted by molar-refractivity contribution is 0.437. The molecule has 1 rings (SSSR count). The minimum Gasteiger partial charge on any atom is -0.303 e. The predicted octanol–water partition coefficient (Wildman–Crippen LogP) is 3.53. The number of nitrogens with zero attached hydrogens (tertiary/aromatic N) is 2. The molecule has 96 valence electrons. The summed E-state index contributed by atoms with van der Waals surface area (Å²) >= 11 is 0. The van der Waals surface area contributed by atoms with Crippen molar-refractivity contribution < 1.29 is 0 Å². The molecule has 1 aromatic rings.